The van der Waals surface area contributed by atoms with Gasteiger partial charge in [-0.1, -0.05) is 11.3 Å². The lowest BCUT2D eigenvalue weighted by Gasteiger charge is -2.03. The second-order valence-corrected chi connectivity index (χ2v) is 3.83. The van der Waals surface area contributed by atoms with Crippen molar-refractivity contribution in [3.05, 3.63) is 40.9 Å². The summed E-state index contributed by atoms with van der Waals surface area (Å²) < 4.78 is 4.90. The normalized spacial score (nSPS) is 10.6. The number of hydrogen-bond donors (Lipinski definition) is 1. The Morgan fingerprint density at radius 1 is 1.16 bits per heavy atom. The Morgan fingerprint density at radius 2 is 1.95 bits per heavy atom. The van der Waals surface area contributed by atoms with E-state index in [2.05, 4.69) is 25.4 Å². The molecule has 7 nitrogen and oxygen atoms in total. The quantitative estimate of drug-likeness (QED) is 0.727. The number of rotatable bonds is 2. The summed E-state index contributed by atoms with van der Waals surface area (Å²) in [6.45, 7) is 0. The summed E-state index contributed by atoms with van der Waals surface area (Å²) in [5.41, 5.74) is 1.88. The second kappa shape index (κ2) is 4.45. The van der Waals surface area contributed by atoms with Crippen molar-refractivity contribution >= 4 is 10.9 Å². The van der Waals surface area contributed by atoms with Crippen LogP contribution in [0.15, 0.2) is 35.4 Å². The molecule has 0 bridgehead atoms. The van der Waals surface area contributed by atoms with Gasteiger partial charge in [0.1, 0.15) is 5.52 Å². The molecule has 0 amide bonds. The summed E-state index contributed by atoms with van der Waals surface area (Å²) in [7, 11) is 1.50. The monoisotopic (exact) mass is 255 g/mol. The largest absolute Gasteiger partial charge is 0.467 e. The van der Waals surface area contributed by atoms with Crippen molar-refractivity contribution in [2.45, 2.75) is 0 Å². The average Bonchev–Trinajstić information content (AvgIpc) is 2.47. The molecular formula is C12H9N5O2. The van der Waals surface area contributed by atoms with Gasteiger partial charge in [-0.05, 0) is 17.7 Å². The molecule has 0 saturated carbocycles. The number of benzene rings is 1. The summed E-state index contributed by atoms with van der Waals surface area (Å²) in [6.07, 6.45) is 3.27. The van der Waals surface area contributed by atoms with Crippen LogP contribution in [0.4, 0.5) is 0 Å². The van der Waals surface area contributed by atoms with E-state index in [-0.39, 0.29) is 5.56 Å². The number of fused-ring (bicyclic) bond motifs is 1. The van der Waals surface area contributed by atoms with Crippen LogP contribution in [-0.2, 0) is 0 Å². The smallest absolute Gasteiger partial charge is 0.316 e. The SMILES string of the molecule is COc1ncc(-c2ccc3nn[nH]c(=O)c3c2)cn1. The maximum Gasteiger partial charge on any atom is 0.316 e. The molecule has 3 rings (SSSR count). The van der Waals surface area contributed by atoms with Gasteiger partial charge in [-0.3, -0.25) is 4.79 Å². The highest BCUT2D eigenvalue weighted by molar-refractivity contribution is 5.82. The molecule has 2 heterocycles. The van der Waals surface area contributed by atoms with Gasteiger partial charge in [-0.15, -0.1) is 5.10 Å². The Labute approximate surface area is 107 Å². The van der Waals surface area contributed by atoms with Crippen molar-refractivity contribution < 1.29 is 4.74 Å². The molecule has 0 fully saturated rings. The van der Waals surface area contributed by atoms with Gasteiger partial charge in [0.05, 0.1) is 12.5 Å². The molecule has 2 aromatic heterocycles. The number of nitrogens with zero attached hydrogens (tertiary/aromatic N) is 4. The van der Waals surface area contributed by atoms with E-state index >= 15 is 0 Å². The minimum atomic E-state index is -0.277. The third kappa shape index (κ3) is 2.01. The van der Waals surface area contributed by atoms with E-state index in [1.54, 1.807) is 24.5 Å². The molecule has 0 saturated heterocycles. The lowest BCUT2D eigenvalue weighted by atomic mass is 10.1. The summed E-state index contributed by atoms with van der Waals surface area (Å²) >= 11 is 0. The number of aromatic amines is 1. The molecule has 0 unspecified atom stereocenters. The van der Waals surface area contributed by atoms with Crippen LogP contribution in [0.1, 0.15) is 0 Å². The van der Waals surface area contributed by atoms with Gasteiger partial charge in [-0.2, -0.15) is 0 Å². The van der Waals surface area contributed by atoms with Crippen LogP contribution in [0, 0.1) is 0 Å². The molecule has 0 radical (unpaired) electrons. The molecule has 0 aliphatic rings. The fourth-order valence-electron chi connectivity index (χ4n) is 1.74. The molecule has 3 aromatic rings. The van der Waals surface area contributed by atoms with Crippen molar-refractivity contribution in [1.29, 1.82) is 0 Å². The minimum Gasteiger partial charge on any atom is -0.467 e. The van der Waals surface area contributed by atoms with E-state index in [0.29, 0.717) is 16.9 Å². The number of hydrogen-bond acceptors (Lipinski definition) is 6. The van der Waals surface area contributed by atoms with Crippen molar-refractivity contribution in [1.82, 2.24) is 25.4 Å². The molecule has 0 aliphatic carbocycles. The minimum absolute atomic E-state index is 0.277. The lowest BCUT2D eigenvalue weighted by Crippen LogP contribution is -2.09. The van der Waals surface area contributed by atoms with Gasteiger partial charge in [0.25, 0.3) is 5.56 Å². The number of H-pyrrole nitrogens is 1. The summed E-state index contributed by atoms with van der Waals surface area (Å²) in [5.74, 6) is 0. The molecule has 94 valence electrons. The molecule has 19 heavy (non-hydrogen) atoms. The molecule has 0 aliphatic heterocycles. The Hall–Kier alpha value is -2.83. The zero-order chi connectivity index (χ0) is 13.2. The first-order valence-electron chi connectivity index (χ1n) is 5.49. The molecule has 0 atom stereocenters. The fourth-order valence-corrected chi connectivity index (χ4v) is 1.74. The Bertz CT molecular complexity index is 782. The Balaban J connectivity index is 2.14. The van der Waals surface area contributed by atoms with Gasteiger partial charge >= 0.3 is 6.01 Å². The highest BCUT2D eigenvalue weighted by Gasteiger charge is 2.05. The number of ether oxygens (including phenoxy) is 1. The van der Waals surface area contributed by atoms with E-state index in [1.807, 2.05) is 6.07 Å². The fraction of sp³-hybridized carbons (Fsp3) is 0.0833. The summed E-state index contributed by atoms with van der Waals surface area (Å²) in [5, 5.41) is 10.1. The maximum absolute atomic E-state index is 11.7. The second-order valence-electron chi connectivity index (χ2n) is 3.83. The van der Waals surface area contributed by atoms with E-state index in [1.165, 1.54) is 7.11 Å². The van der Waals surface area contributed by atoms with E-state index in [4.69, 9.17) is 4.74 Å². The number of nitrogens with one attached hydrogen (secondary N) is 1. The van der Waals surface area contributed by atoms with Gasteiger partial charge < -0.3 is 4.74 Å². The van der Waals surface area contributed by atoms with E-state index in [0.717, 1.165) is 11.1 Å². The van der Waals surface area contributed by atoms with Crippen LogP contribution in [0.25, 0.3) is 22.0 Å². The number of methoxy groups -OCH3 is 1. The summed E-state index contributed by atoms with van der Waals surface area (Å²) in [6, 6.07) is 5.60. The van der Waals surface area contributed by atoms with Gasteiger partial charge in [0.2, 0.25) is 0 Å². The van der Waals surface area contributed by atoms with Gasteiger partial charge in [-0.25, -0.2) is 15.1 Å². The lowest BCUT2D eigenvalue weighted by molar-refractivity contribution is 0.380. The average molecular weight is 255 g/mol. The van der Waals surface area contributed by atoms with Crippen molar-refractivity contribution in [3.8, 4) is 17.1 Å². The maximum atomic E-state index is 11.7. The predicted molar refractivity (Wildman–Crippen MR) is 67.7 cm³/mol. The first-order chi connectivity index (χ1) is 9.28. The van der Waals surface area contributed by atoms with Crippen LogP contribution < -0.4 is 10.3 Å². The zero-order valence-electron chi connectivity index (χ0n) is 9.99. The van der Waals surface area contributed by atoms with Crippen LogP contribution >= 0.6 is 0 Å². The Kier molecular flexibility index (Phi) is 2.64. The van der Waals surface area contributed by atoms with Crippen LogP contribution in [0.2, 0.25) is 0 Å². The predicted octanol–water partition coefficient (Wildman–Crippen LogP) is 0.784. The van der Waals surface area contributed by atoms with Gasteiger partial charge in [0.15, 0.2) is 0 Å². The highest BCUT2D eigenvalue weighted by Crippen LogP contribution is 2.21. The van der Waals surface area contributed by atoms with Crippen LogP contribution in [0.5, 0.6) is 6.01 Å². The van der Waals surface area contributed by atoms with Crippen LogP contribution in [-0.4, -0.2) is 32.5 Å². The van der Waals surface area contributed by atoms with Crippen molar-refractivity contribution in [3.63, 3.8) is 0 Å². The van der Waals surface area contributed by atoms with E-state index in [9.17, 15) is 4.79 Å². The van der Waals surface area contributed by atoms with Crippen molar-refractivity contribution in [2.24, 2.45) is 0 Å². The zero-order valence-corrected chi connectivity index (χ0v) is 9.99. The molecule has 0 spiro atoms. The highest BCUT2D eigenvalue weighted by atomic mass is 16.5. The first kappa shape index (κ1) is 11.3. The van der Waals surface area contributed by atoms with Gasteiger partial charge in [0, 0.05) is 18.0 Å². The first-order valence-corrected chi connectivity index (χ1v) is 5.49. The molecule has 1 aromatic carbocycles. The van der Waals surface area contributed by atoms with Crippen LogP contribution in [0.3, 0.4) is 0 Å². The topological polar surface area (TPSA) is 93.7 Å². The summed E-state index contributed by atoms with van der Waals surface area (Å²) in [4.78, 5) is 19.7. The molecular weight excluding hydrogens is 246 g/mol. The standard InChI is InChI=1S/C12H9N5O2/c1-19-12-13-5-8(6-14-12)7-2-3-10-9(4-7)11(18)16-17-15-10/h2-6H,1H3,(H,15,16,18). The number of aromatic nitrogens is 5. The molecule has 7 heteroatoms. The third-order valence-corrected chi connectivity index (χ3v) is 2.69. The Morgan fingerprint density at radius 3 is 2.68 bits per heavy atom. The van der Waals surface area contributed by atoms with E-state index < -0.39 is 0 Å². The molecule has 1 N–H and O–H groups in total. The third-order valence-electron chi connectivity index (χ3n) is 2.69. The van der Waals surface area contributed by atoms with Crippen molar-refractivity contribution in [2.75, 3.05) is 7.11 Å².